The Kier molecular flexibility index (Phi) is 7.66. The topological polar surface area (TPSA) is 29.1 Å². The first-order valence-corrected chi connectivity index (χ1v) is 8.16. The maximum Gasteiger partial charge on any atom is 0.251 e. The predicted octanol–water partition coefficient (Wildman–Crippen LogP) is 4.37. The van der Waals surface area contributed by atoms with Crippen LogP contribution < -0.4 is 5.32 Å². The van der Waals surface area contributed by atoms with Gasteiger partial charge in [-0.3, -0.25) is 4.79 Å². The van der Waals surface area contributed by atoms with Crippen LogP contribution in [0.15, 0.2) is 18.2 Å². The predicted molar refractivity (Wildman–Crippen MR) is 85.9 cm³/mol. The van der Waals surface area contributed by atoms with E-state index in [1.165, 1.54) is 23.7 Å². The molecule has 0 aliphatic heterocycles. The molecule has 2 nitrogen and oxygen atoms in total. The Morgan fingerprint density at radius 3 is 2.72 bits per heavy atom. The molecule has 4 heteroatoms. The number of carbonyl (C=O) groups excluding carboxylic acids is 1. The fraction of sp³-hybridized carbons (Fsp3) is 0.500. The fourth-order valence-electron chi connectivity index (χ4n) is 1.72. The van der Waals surface area contributed by atoms with Crippen LogP contribution >= 0.6 is 34.2 Å². The van der Waals surface area contributed by atoms with Gasteiger partial charge in [0.25, 0.3) is 5.91 Å². The Balaban J connectivity index is 2.35. The SMILES string of the molecule is Cc1c(Cl)cccc1C(=O)NCCCCCCI. The molecule has 1 amide bonds. The molecule has 0 heterocycles. The smallest absolute Gasteiger partial charge is 0.251 e. The minimum absolute atomic E-state index is 0.0242. The zero-order chi connectivity index (χ0) is 13.4. The van der Waals surface area contributed by atoms with E-state index in [-0.39, 0.29) is 5.91 Å². The summed E-state index contributed by atoms with van der Waals surface area (Å²) >= 11 is 8.39. The Morgan fingerprint density at radius 2 is 2.00 bits per heavy atom. The zero-order valence-electron chi connectivity index (χ0n) is 10.6. The molecule has 0 fully saturated rings. The van der Waals surface area contributed by atoms with Crippen LogP contribution in [0.1, 0.15) is 41.6 Å². The van der Waals surface area contributed by atoms with Gasteiger partial charge in [-0.25, -0.2) is 0 Å². The Morgan fingerprint density at radius 1 is 1.28 bits per heavy atom. The molecule has 1 N–H and O–H groups in total. The zero-order valence-corrected chi connectivity index (χ0v) is 13.6. The van der Waals surface area contributed by atoms with Gasteiger partial charge in [-0.2, -0.15) is 0 Å². The summed E-state index contributed by atoms with van der Waals surface area (Å²) in [7, 11) is 0. The number of rotatable bonds is 7. The third-order valence-electron chi connectivity index (χ3n) is 2.86. The van der Waals surface area contributed by atoms with Gasteiger partial charge in [-0.05, 0) is 41.9 Å². The minimum Gasteiger partial charge on any atom is -0.352 e. The highest BCUT2D eigenvalue weighted by molar-refractivity contribution is 14.1. The first-order chi connectivity index (χ1) is 8.66. The van der Waals surface area contributed by atoms with E-state index in [4.69, 9.17) is 11.6 Å². The van der Waals surface area contributed by atoms with Gasteiger partial charge in [0, 0.05) is 17.1 Å². The average Bonchev–Trinajstić information content (AvgIpc) is 2.36. The lowest BCUT2D eigenvalue weighted by Gasteiger charge is -2.08. The normalized spacial score (nSPS) is 10.4. The molecule has 0 bridgehead atoms. The number of carbonyl (C=O) groups is 1. The molecule has 0 aliphatic rings. The lowest BCUT2D eigenvalue weighted by atomic mass is 10.1. The van der Waals surface area contributed by atoms with E-state index >= 15 is 0 Å². The number of halogens is 2. The summed E-state index contributed by atoms with van der Waals surface area (Å²) in [4.78, 5) is 11.9. The molecule has 0 saturated carbocycles. The van der Waals surface area contributed by atoms with Gasteiger partial charge >= 0.3 is 0 Å². The summed E-state index contributed by atoms with van der Waals surface area (Å²) in [5.74, 6) is -0.0242. The van der Waals surface area contributed by atoms with E-state index in [0.717, 1.165) is 18.5 Å². The molecule has 1 aromatic rings. The highest BCUT2D eigenvalue weighted by Crippen LogP contribution is 2.18. The Labute approximate surface area is 128 Å². The van der Waals surface area contributed by atoms with E-state index in [2.05, 4.69) is 27.9 Å². The van der Waals surface area contributed by atoms with Crippen molar-refractivity contribution in [1.29, 1.82) is 0 Å². The van der Waals surface area contributed by atoms with Gasteiger partial charge in [0.1, 0.15) is 0 Å². The number of hydrogen-bond acceptors (Lipinski definition) is 1. The molecule has 100 valence electrons. The van der Waals surface area contributed by atoms with Crippen LogP contribution in [-0.2, 0) is 0 Å². The minimum atomic E-state index is -0.0242. The number of unbranched alkanes of at least 4 members (excludes halogenated alkanes) is 3. The van der Waals surface area contributed by atoms with Crippen LogP contribution in [0, 0.1) is 6.92 Å². The van der Waals surface area contributed by atoms with E-state index in [9.17, 15) is 4.79 Å². The van der Waals surface area contributed by atoms with Gasteiger partial charge in [0.15, 0.2) is 0 Å². The van der Waals surface area contributed by atoms with Crippen molar-refractivity contribution in [2.75, 3.05) is 11.0 Å². The third kappa shape index (κ3) is 5.14. The van der Waals surface area contributed by atoms with Crippen molar-refractivity contribution in [3.05, 3.63) is 34.3 Å². The van der Waals surface area contributed by atoms with Crippen molar-refractivity contribution in [1.82, 2.24) is 5.32 Å². The summed E-state index contributed by atoms with van der Waals surface area (Å²) in [5.41, 5.74) is 1.52. The number of amides is 1. The van der Waals surface area contributed by atoms with Crippen LogP contribution in [0.2, 0.25) is 5.02 Å². The van der Waals surface area contributed by atoms with Gasteiger partial charge in [-0.1, -0.05) is 53.1 Å². The van der Waals surface area contributed by atoms with Crippen molar-refractivity contribution in [3.63, 3.8) is 0 Å². The summed E-state index contributed by atoms with van der Waals surface area (Å²) in [5, 5.41) is 3.59. The molecule has 1 aromatic carbocycles. The number of benzene rings is 1. The van der Waals surface area contributed by atoms with Gasteiger partial charge < -0.3 is 5.32 Å². The van der Waals surface area contributed by atoms with Crippen molar-refractivity contribution in [2.45, 2.75) is 32.6 Å². The highest BCUT2D eigenvalue weighted by atomic mass is 127. The molecule has 1 rings (SSSR count). The Bertz CT molecular complexity index is 395. The molecule has 0 unspecified atom stereocenters. The third-order valence-corrected chi connectivity index (χ3v) is 4.03. The quantitative estimate of drug-likeness (QED) is 0.425. The molecule has 0 saturated heterocycles. The fourth-order valence-corrected chi connectivity index (χ4v) is 2.44. The molecule has 0 aliphatic carbocycles. The molecule has 0 aromatic heterocycles. The van der Waals surface area contributed by atoms with Crippen LogP contribution in [-0.4, -0.2) is 16.9 Å². The number of alkyl halides is 1. The molecular formula is C14H19ClINO. The van der Waals surface area contributed by atoms with Gasteiger partial charge in [0.2, 0.25) is 0 Å². The lowest BCUT2D eigenvalue weighted by molar-refractivity contribution is 0.0952. The highest BCUT2D eigenvalue weighted by Gasteiger charge is 2.09. The van der Waals surface area contributed by atoms with Crippen LogP contribution in [0.4, 0.5) is 0 Å². The Hall–Kier alpha value is -0.290. The summed E-state index contributed by atoms with van der Waals surface area (Å²) in [6, 6.07) is 5.43. The lowest BCUT2D eigenvalue weighted by Crippen LogP contribution is -2.25. The second-order valence-corrected chi connectivity index (χ2v) is 5.76. The first kappa shape index (κ1) is 15.8. The standard InChI is InChI=1S/C14H19ClINO/c1-11-12(7-6-8-13(11)15)14(18)17-10-5-3-2-4-9-16/h6-8H,2-5,9-10H2,1H3,(H,17,18). The maximum atomic E-state index is 11.9. The first-order valence-electron chi connectivity index (χ1n) is 6.26. The summed E-state index contributed by atoms with van der Waals surface area (Å²) in [6.45, 7) is 2.61. The summed E-state index contributed by atoms with van der Waals surface area (Å²) in [6.07, 6.45) is 4.73. The molecule has 0 radical (unpaired) electrons. The van der Waals surface area contributed by atoms with E-state index in [1.807, 2.05) is 19.1 Å². The van der Waals surface area contributed by atoms with Crippen LogP contribution in [0.3, 0.4) is 0 Å². The maximum absolute atomic E-state index is 11.9. The molecule has 18 heavy (non-hydrogen) atoms. The molecule has 0 spiro atoms. The van der Waals surface area contributed by atoms with E-state index in [0.29, 0.717) is 10.6 Å². The largest absolute Gasteiger partial charge is 0.352 e. The van der Waals surface area contributed by atoms with Crippen LogP contribution in [0.25, 0.3) is 0 Å². The molecular weight excluding hydrogens is 361 g/mol. The second-order valence-electron chi connectivity index (χ2n) is 4.27. The monoisotopic (exact) mass is 379 g/mol. The van der Waals surface area contributed by atoms with E-state index in [1.54, 1.807) is 6.07 Å². The average molecular weight is 380 g/mol. The second kappa shape index (κ2) is 8.75. The number of nitrogens with one attached hydrogen (secondary N) is 1. The van der Waals surface area contributed by atoms with Crippen molar-refractivity contribution < 1.29 is 4.79 Å². The number of hydrogen-bond donors (Lipinski definition) is 1. The van der Waals surface area contributed by atoms with E-state index < -0.39 is 0 Å². The summed E-state index contributed by atoms with van der Waals surface area (Å²) < 4.78 is 1.21. The molecule has 0 atom stereocenters. The van der Waals surface area contributed by atoms with Crippen LogP contribution in [0.5, 0.6) is 0 Å². The van der Waals surface area contributed by atoms with Gasteiger partial charge in [-0.15, -0.1) is 0 Å². The van der Waals surface area contributed by atoms with Gasteiger partial charge in [0.05, 0.1) is 0 Å². The van der Waals surface area contributed by atoms with Crippen molar-refractivity contribution >= 4 is 40.1 Å². The van der Waals surface area contributed by atoms with Crippen molar-refractivity contribution in [2.24, 2.45) is 0 Å². The van der Waals surface area contributed by atoms with Crippen molar-refractivity contribution in [3.8, 4) is 0 Å².